The van der Waals surface area contributed by atoms with Crippen molar-refractivity contribution in [2.75, 3.05) is 6.61 Å². The van der Waals surface area contributed by atoms with Gasteiger partial charge in [0.05, 0.1) is 0 Å². The summed E-state index contributed by atoms with van der Waals surface area (Å²) in [5.41, 5.74) is 2.79. The lowest BCUT2D eigenvalue weighted by Gasteiger charge is -2.57. The van der Waals surface area contributed by atoms with Gasteiger partial charge in [0.2, 0.25) is 8.32 Å². The van der Waals surface area contributed by atoms with Crippen LogP contribution in [0.4, 0.5) is 0 Å². The molecule has 0 aromatic rings. The van der Waals surface area contributed by atoms with E-state index in [4.69, 9.17) is 4.43 Å². The van der Waals surface area contributed by atoms with Crippen LogP contribution < -0.4 is 0 Å². The lowest BCUT2D eigenvalue weighted by Crippen LogP contribution is -2.46. The Bertz CT molecular complexity index is 312. The van der Waals surface area contributed by atoms with Crippen LogP contribution in [0.15, 0.2) is 12.3 Å². The quantitative estimate of drug-likeness (QED) is 0.494. The first-order chi connectivity index (χ1) is 9.00. The van der Waals surface area contributed by atoms with Gasteiger partial charge in [-0.3, -0.25) is 0 Å². The summed E-state index contributed by atoms with van der Waals surface area (Å²) < 4.78 is 6.06. The van der Waals surface area contributed by atoms with Crippen LogP contribution in [0.2, 0.25) is 13.1 Å². The Morgan fingerprint density at radius 3 is 2.11 bits per heavy atom. The van der Waals surface area contributed by atoms with Crippen LogP contribution in [-0.2, 0) is 4.43 Å². The van der Waals surface area contributed by atoms with Gasteiger partial charge in [0.15, 0.2) is 0 Å². The molecule has 0 amide bonds. The summed E-state index contributed by atoms with van der Waals surface area (Å²) >= 11 is 0. The van der Waals surface area contributed by atoms with Crippen molar-refractivity contribution in [2.45, 2.75) is 64.5 Å². The fraction of sp³-hybridized carbons (Fsp3) is 0.882. The second-order valence-electron chi connectivity index (χ2n) is 8.18. The van der Waals surface area contributed by atoms with Gasteiger partial charge in [-0.25, -0.2) is 0 Å². The summed E-state index contributed by atoms with van der Waals surface area (Å²) in [7, 11) is -1.54. The topological polar surface area (TPSA) is 9.23 Å². The van der Waals surface area contributed by atoms with Gasteiger partial charge in [-0.05, 0) is 87.6 Å². The van der Waals surface area contributed by atoms with Crippen LogP contribution in [-0.4, -0.2) is 14.9 Å². The molecule has 4 aliphatic carbocycles. The summed E-state index contributed by atoms with van der Waals surface area (Å²) in [6.45, 7) is 9.35. The Hall–Kier alpha value is -0.0831. The van der Waals surface area contributed by atoms with Gasteiger partial charge in [0, 0.05) is 6.61 Å². The standard InChI is InChI=1S/C17H30OSi/c1-4-19(2,3)18-7-5-6-17-11-14-8-15(12-17)10-16(9-14)13-17/h4,14-16H,1,5-13H2,2-3H3. The molecule has 0 spiro atoms. The monoisotopic (exact) mass is 278 g/mol. The maximum Gasteiger partial charge on any atom is 0.210 e. The molecule has 19 heavy (non-hydrogen) atoms. The molecule has 2 heteroatoms. The molecule has 0 aliphatic heterocycles. The van der Waals surface area contributed by atoms with Crippen molar-refractivity contribution in [3.63, 3.8) is 0 Å². The third-order valence-corrected chi connectivity index (χ3v) is 7.91. The fourth-order valence-electron chi connectivity index (χ4n) is 5.44. The molecule has 4 saturated carbocycles. The highest BCUT2D eigenvalue weighted by Crippen LogP contribution is 2.61. The predicted octanol–water partition coefficient (Wildman–Crippen LogP) is 4.93. The van der Waals surface area contributed by atoms with E-state index < -0.39 is 8.32 Å². The molecule has 0 heterocycles. The molecule has 0 unspecified atom stereocenters. The molecule has 0 aromatic carbocycles. The summed E-state index contributed by atoms with van der Waals surface area (Å²) in [5, 5.41) is 0. The van der Waals surface area contributed by atoms with Crippen LogP contribution in [0, 0.1) is 23.2 Å². The van der Waals surface area contributed by atoms with Crippen molar-refractivity contribution in [3.05, 3.63) is 12.3 Å². The van der Waals surface area contributed by atoms with Gasteiger partial charge >= 0.3 is 0 Å². The van der Waals surface area contributed by atoms with Crippen LogP contribution in [0.5, 0.6) is 0 Å². The predicted molar refractivity (Wildman–Crippen MR) is 83.5 cm³/mol. The SMILES string of the molecule is C=C[Si](C)(C)OCCCC12CC3CC(CC(C3)C1)C2. The molecule has 4 aliphatic rings. The number of rotatable bonds is 6. The zero-order valence-corrected chi connectivity index (χ0v) is 13.8. The molecule has 0 N–H and O–H groups in total. The average Bonchev–Trinajstić information content (AvgIpc) is 2.33. The highest BCUT2D eigenvalue weighted by molar-refractivity contribution is 6.76. The molecule has 1 nitrogen and oxygen atoms in total. The van der Waals surface area contributed by atoms with E-state index in [2.05, 4.69) is 25.4 Å². The minimum absolute atomic E-state index is 0.734. The van der Waals surface area contributed by atoms with Crippen molar-refractivity contribution < 1.29 is 4.43 Å². The zero-order chi connectivity index (χ0) is 13.5. The number of hydrogen-bond donors (Lipinski definition) is 0. The van der Waals surface area contributed by atoms with Gasteiger partial charge < -0.3 is 4.43 Å². The summed E-state index contributed by atoms with van der Waals surface area (Å²) in [5.74, 6) is 3.27. The largest absolute Gasteiger partial charge is 0.414 e. The van der Waals surface area contributed by atoms with Crippen LogP contribution in [0.3, 0.4) is 0 Å². The highest BCUT2D eigenvalue weighted by atomic mass is 28.4. The molecule has 4 fully saturated rings. The van der Waals surface area contributed by atoms with E-state index in [1.807, 2.05) is 0 Å². The van der Waals surface area contributed by atoms with E-state index in [0.717, 1.165) is 29.8 Å². The lowest BCUT2D eigenvalue weighted by molar-refractivity contribution is -0.0594. The molecule has 0 radical (unpaired) electrons. The van der Waals surface area contributed by atoms with Crippen LogP contribution in [0.1, 0.15) is 51.4 Å². The van der Waals surface area contributed by atoms with Crippen molar-refractivity contribution in [1.29, 1.82) is 0 Å². The second kappa shape index (κ2) is 5.03. The van der Waals surface area contributed by atoms with Crippen LogP contribution >= 0.6 is 0 Å². The molecule has 108 valence electrons. The van der Waals surface area contributed by atoms with Gasteiger partial charge in [-0.1, -0.05) is 5.70 Å². The Morgan fingerprint density at radius 2 is 1.63 bits per heavy atom. The minimum atomic E-state index is -1.54. The third kappa shape index (κ3) is 3.00. The summed E-state index contributed by atoms with van der Waals surface area (Å²) in [6.07, 6.45) is 12.0. The Kier molecular flexibility index (Phi) is 3.68. The second-order valence-corrected chi connectivity index (χ2v) is 12.1. The lowest BCUT2D eigenvalue weighted by atomic mass is 9.48. The molecular weight excluding hydrogens is 248 g/mol. The van der Waals surface area contributed by atoms with E-state index in [1.165, 1.54) is 12.8 Å². The Morgan fingerprint density at radius 1 is 1.11 bits per heavy atom. The van der Waals surface area contributed by atoms with Gasteiger partial charge in [-0.2, -0.15) is 0 Å². The van der Waals surface area contributed by atoms with Gasteiger partial charge in [0.25, 0.3) is 0 Å². The molecule has 0 saturated heterocycles. The van der Waals surface area contributed by atoms with Crippen molar-refractivity contribution in [2.24, 2.45) is 23.2 Å². The maximum absolute atomic E-state index is 6.06. The summed E-state index contributed by atoms with van der Waals surface area (Å²) in [6, 6.07) is 0. The minimum Gasteiger partial charge on any atom is -0.414 e. The maximum atomic E-state index is 6.06. The zero-order valence-electron chi connectivity index (χ0n) is 12.8. The van der Waals surface area contributed by atoms with Crippen LogP contribution in [0.25, 0.3) is 0 Å². The first-order valence-electron chi connectivity index (χ1n) is 8.28. The molecule has 0 aromatic heterocycles. The molecule has 4 rings (SSSR count). The third-order valence-electron chi connectivity index (χ3n) is 5.98. The van der Waals surface area contributed by atoms with E-state index in [-0.39, 0.29) is 0 Å². The first kappa shape index (κ1) is 13.9. The first-order valence-corrected chi connectivity index (χ1v) is 11.3. The smallest absolute Gasteiger partial charge is 0.210 e. The molecule has 0 atom stereocenters. The molecular formula is C17H30OSi. The van der Waals surface area contributed by atoms with E-state index in [1.54, 1.807) is 38.5 Å². The van der Waals surface area contributed by atoms with E-state index in [0.29, 0.717) is 0 Å². The van der Waals surface area contributed by atoms with Crippen molar-refractivity contribution in [3.8, 4) is 0 Å². The van der Waals surface area contributed by atoms with Gasteiger partial charge in [0.1, 0.15) is 0 Å². The number of hydrogen-bond acceptors (Lipinski definition) is 1. The van der Waals surface area contributed by atoms with Gasteiger partial charge in [-0.15, -0.1) is 6.58 Å². The average molecular weight is 279 g/mol. The summed E-state index contributed by atoms with van der Waals surface area (Å²) in [4.78, 5) is 0. The fourth-order valence-corrected chi connectivity index (χ4v) is 6.23. The van der Waals surface area contributed by atoms with Crippen molar-refractivity contribution >= 4 is 8.32 Å². The Balaban J connectivity index is 1.49. The van der Waals surface area contributed by atoms with E-state index in [9.17, 15) is 0 Å². The van der Waals surface area contributed by atoms with Crippen molar-refractivity contribution in [1.82, 2.24) is 0 Å². The normalized spacial score (nSPS) is 40.6. The Labute approximate surface area is 119 Å². The molecule has 4 bridgehead atoms. The van der Waals surface area contributed by atoms with E-state index >= 15 is 0 Å². The highest BCUT2D eigenvalue weighted by Gasteiger charge is 2.50.